The molecule has 1 aromatic carbocycles. The number of amides is 1. The van der Waals surface area contributed by atoms with Gasteiger partial charge in [-0.3, -0.25) is 4.79 Å². The predicted molar refractivity (Wildman–Crippen MR) is 74.7 cm³/mol. The first-order chi connectivity index (χ1) is 9.72. The number of rotatable bonds is 5. The molecule has 0 aliphatic heterocycles. The summed E-state index contributed by atoms with van der Waals surface area (Å²) in [6.45, 7) is 0. The normalized spacial score (nSPS) is 13.8. The fourth-order valence-electron chi connectivity index (χ4n) is 1.72. The van der Waals surface area contributed by atoms with Crippen molar-refractivity contribution in [3.63, 3.8) is 0 Å². The summed E-state index contributed by atoms with van der Waals surface area (Å²) < 4.78 is 0. The number of benzene rings is 1. The third-order valence-electron chi connectivity index (χ3n) is 2.87. The lowest BCUT2D eigenvalue weighted by molar-refractivity contribution is 0.0995. The maximum atomic E-state index is 11.3. The monoisotopic (exact) mass is 270 g/mol. The van der Waals surface area contributed by atoms with Gasteiger partial charge in [0, 0.05) is 11.7 Å². The number of carbonyl (C=O) groups is 1. The molecular formula is C13H14N6O. The quantitative estimate of drug-likeness (QED) is 0.756. The average molecular weight is 270 g/mol. The predicted octanol–water partition coefficient (Wildman–Crippen LogP) is 1.29. The van der Waals surface area contributed by atoms with Gasteiger partial charge in [0.15, 0.2) is 11.5 Å². The first kappa shape index (κ1) is 12.3. The van der Waals surface area contributed by atoms with E-state index in [0.717, 1.165) is 18.5 Å². The molecule has 4 N–H and O–H groups in total. The minimum atomic E-state index is -0.639. The van der Waals surface area contributed by atoms with Gasteiger partial charge < -0.3 is 16.4 Å². The van der Waals surface area contributed by atoms with Crippen molar-refractivity contribution < 1.29 is 4.79 Å². The lowest BCUT2D eigenvalue weighted by atomic mass is 10.3. The van der Waals surface area contributed by atoms with E-state index in [4.69, 9.17) is 5.73 Å². The van der Waals surface area contributed by atoms with E-state index in [1.165, 1.54) is 0 Å². The summed E-state index contributed by atoms with van der Waals surface area (Å²) in [5.74, 6) is 0.0668. The summed E-state index contributed by atoms with van der Waals surface area (Å²) in [6, 6.07) is 9.84. The van der Waals surface area contributed by atoms with Crippen molar-refractivity contribution in [2.75, 3.05) is 10.6 Å². The minimum absolute atomic E-state index is 0.0653. The highest BCUT2D eigenvalue weighted by atomic mass is 16.1. The fourth-order valence-corrected chi connectivity index (χ4v) is 1.72. The van der Waals surface area contributed by atoms with Crippen LogP contribution < -0.4 is 16.4 Å². The molecule has 1 fully saturated rings. The average Bonchev–Trinajstić information content (AvgIpc) is 3.24. The molecule has 0 bridgehead atoms. The molecule has 0 atom stereocenters. The van der Waals surface area contributed by atoms with Gasteiger partial charge in [-0.25, -0.2) is 0 Å². The number of carbonyl (C=O) groups excluding carboxylic acids is 1. The highest BCUT2D eigenvalue weighted by molar-refractivity contribution is 5.95. The van der Waals surface area contributed by atoms with E-state index in [2.05, 4.69) is 25.8 Å². The fraction of sp³-hybridized carbons (Fsp3) is 0.231. The van der Waals surface area contributed by atoms with Gasteiger partial charge in [0.1, 0.15) is 0 Å². The second-order valence-corrected chi connectivity index (χ2v) is 4.61. The first-order valence-electron chi connectivity index (χ1n) is 6.35. The topological polar surface area (TPSA) is 106 Å². The second kappa shape index (κ2) is 5.12. The zero-order valence-electron chi connectivity index (χ0n) is 10.7. The second-order valence-electron chi connectivity index (χ2n) is 4.61. The Morgan fingerprint density at radius 1 is 1.20 bits per heavy atom. The van der Waals surface area contributed by atoms with Crippen LogP contribution >= 0.6 is 0 Å². The molecule has 0 radical (unpaired) electrons. The van der Waals surface area contributed by atoms with Crippen LogP contribution in [-0.2, 0) is 0 Å². The Morgan fingerprint density at radius 3 is 2.60 bits per heavy atom. The number of para-hydroxylation sites is 1. The van der Waals surface area contributed by atoms with Crippen LogP contribution in [0.1, 0.15) is 23.3 Å². The molecule has 1 amide bonds. The summed E-state index contributed by atoms with van der Waals surface area (Å²) in [6.07, 6.45) is 2.12. The van der Waals surface area contributed by atoms with Crippen molar-refractivity contribution in [2.24, 2.45) is 5.73 Å². The Hall–Kier alpha value is -2.70. The summed E-state index contributed by atoms with van der Waals surface area (Å²) in [5.41, 5.74) is 6.18. The van der Waals surface area contributed by atoms with E-state index in [1.54, 1.807) is 0 Å². The third-order valence-corrected chi connectivity index (χ3v) is 2.87. The van der Waals surface area contributed by atoms with Gasteiger partial charge in [-0.2, -0.15) is 4.98 Å². The van der Waals surface area contributed by atoms with E-state index in [9.17, 15) is 4.79 Å². The number of nitrogens with zero attached hydrogens (tertiary/aromatic N) is 3. The Labute approximate surface area is 115 Å². The number of primary amides is 1. The van der Waals surface area contributed by atoms with Crippen molar-refractivity contribution >= 4 is 23.4 Å². The highest BCUT2D eigenvalue weighted by Crippen LogP contribution is 2.25. The van der Waals surface area contributed by atoms with E-state index in [1.807, 2.05) is 30.3 Å². The van der Waals surface area contributed by atoms with Crippen LogP contribution in [0.3, 0.4) is 0 Å². The standard InChI is InChI=1S/C13H14N6O/c14-11(20)10-12(15-9-6-7-9)17-13(19-18-10)16-8-4-2-1-3-5-8/h1-5,9H,6-7H2,(H2,14,20)(H2,15,16,17,19). The van der Waals surface area contributed by atoms with Crippen molar-refractivity contribution in [3.8, 4) is 0 Å². The molecule has 1 heterocycles. The van der Waals surface area contributed by atoms with E-state index in [0.29, 0.717) is 17.8 Å². The molecule has 20 heavy (non-hydrogen) atoms. The van der Waals surface area contributed by atoms with Crippen LogP contribution in [-0.4, -0.2) is 27.1 Å². The van der Waals surface area contributed by atoms with Crippen molar-refractivity contribution in [1.82, 2.24) is 15.2 Å². The SMILES string of the molecule is NC(=O)c1nnc(Nc2ccccc2)nc1NC1CC1. The number of aromatic nitrogens is 3. The van der Waals surface area contributed by atoms with E-state index < -0.39 is 5.91 Å². The molecule has 102 valence electrons. The third kappa shape index (κ3) is 2.82. The maximum absolute atomic E-state index is 11.3. The van der Waals surface area contributed by atoms with Crippen LogP contribution in [0.15, 0.2) is 30.3 Å². The smallest absolute Gasteiger partial charge is 0.273 e. The summed E-state index contributed by atoms with van der Waals surface area (Å²) in [5, 5.41) is 13.9. The van der Waals surface area contributed by atoms with Crippen molar-refractivity contribution in [3.05, 3.63) is 36.0 Å². The molecular weight excluding hydrogens is 256 g/mol. The minimum Gasteiger partial charge on any atom is -0.365 e. The molecule has 1 saturated carbocycles. The molecule has 0 spiro atoms. The molecule has 7 heteroatoms. The Bertz CT molecular complexity index is 626. The van der Waals surface area contributed by atoms with Gasteiger partial charge in [-0.15, -0.1) is 10.2 Å². The number of hydrogen-bond donors (Lipinski definition) is 3. The Balaban J connectivity index is 1.86. The van der Waals surface area contributed by atoms with Crippen LogP contribution in [0.2, 0.25) is 0 Å². The van der Waals surface area contributed by atoms with Crippen LogP contribution in [0, 0.1) is 0 Å². The number of nitrogens with two attached hydrogens (primary N) is 1. The molecule has 1 aliphatic carbocycles. The van der Waals surface area contributed by atoms with Crippen LogP contribution in [0.25, 0.3) is 0 Å². The number of nitrogens with one attached hydrogen (secondary N) is 2. The molecule has 1 aliphatic rings. The zero-order chi connectivity index (χ0) is 13.9. The molecule has 1 aromatic heterocycles. The lowest BCUT2D eigenvalue weighted by Crippen LogP contribution is -2.20. The van der Waals surface area contributed by atoms with Gasteiger partial charge >= 0.3 is 0 Å². The van der Waals surface area contributed by atoms with Crippen LogP contribution in [0.4, 0.5) is 17.5 Å². The largest absolute Gasteiger partial charge is 0.365 e. The van der Waals surface area contributed by atoms with Crippen molar-refractivity contribution in [2.45, 2.75) is 18.9 Å². The molecule has 7 nitrogen and oxygen atoms in total. The van der Waals surface area contributed by atoms with Gasteiger partial charge in [0.25, 0.3) is 5.91 Å². The Morgan fingerprint density at radius 2 is 1.95 bits per heavy atom. The highest BCUT2D eigenvalue weighted by Gasteiger charge is 2.25. The molecule has 0 unspecified atom stereocenters. The lowest BCUT2D eigenvalue weighted by Gasteiger charge is -2.09. The first-order valence-corrected chi connectivity index (χ1v) is 6.35. The van der Waals surface area contributed by atoms with Gasteiger partial charge in [-0.05, 0) is 25.0 Å². The van der Waals surface area contributed by atoms with E-state index in [-0.39, 0.29) is 5.69 Å². The summed E-state index contributed by atoms with van der Waals surface area (Å²) in [7, 11) is 0. The number of anilines is 3. The molecule has 0 saturated heterocycles. The maximum Gasteiger partial charge on any atom is 0.273 e. The van der Waals surface area contributed by atoms with Gasteiger partial charge in [0.2, 0.25) is 5.95 Å². The summed E-state index contributed by atoms with van der Waals surface area (Å²) >= 11 is 0. The van der Waals surface area contributed by atoms with E-state index >= 15 is 0 Å². The van der Waals surface area contributed by atoms with Gasteiger partial charge in [0.05, 0.1) is 0 Å². The zero-order valence-corrected chi connectivity index (χ0v) is 10.7. The number of hydrogen-bond acceptors (Lipinski definition) is 6. The Kier molecular flexibility index (Phi) is 3.16. The molecule has 3 rings (SSSR count). The molecule has 2 aromatic rings. The van der Waals surface area contributed by atoms with Crippen LogP contribution in [0.5, 0.6) is 0 Å². The summed E-state index contributed by atoms with van der Waals surface area (Å²) in [4.78, 5) is 15.6. The van der Waals surface area contributed by atoms with Crippen molar-refractivity contribution in [1.29, 1.82) is 0 Å². The van der Waals surface area contributed by atoms with Gasteiger partial charge in [-0.1, -0.05) is 18.2 Å².